The van der Waals surface area contributed by atoms with Gasteiger partial charge < -0.3 is 14.9 Å². The molecule has 1 aromatic heterocycles. The number of benzene rings is 1. The molecule has 7 nitrogen and oxygen atoms in total. The van der Waals surface area contributed by atoms with Gasteiger partial charge in [0.15, 0.2) is 0 Å². The quantitative estimate of drug-likeness (QED) is 0.501. The first-order chi connectivity index (χ1) is 11.2. The summed E-state index contributed by atoms with van der Waals surface area (Å²) < 4.78 is 7.16. The van der Waals surface area contributed by atoms with Crippen LogP contribution in [0.3, 0.4) is 0 Å². The summed E-state index contributed by atoms with van der Waals surface area (Å²) in [6.45, 7) is 5.25. The molecule has 0 saturated heterocycles. The van der Waals surface area contributed by atoms with Gasteiger partial charge in [0.05, 0.1) is 21.7 Å². The molecule has 2 atom stereocenters. The summed E-state index contributed by atoms with van der Waals surface area (Å²) in [6.07, 6.45) is 3.69. The second kappa shape index (κ2) is 4.18. The molecule has 0 fully saturated rings. The van der Waals surface area contributed by atoms with Gasteiger partial charge >= 0.3 is 0 Å². The second-order valence-electron chi connectivity index (χ2n) is 6.61. The van der Waals surface area contributed by atoms with E-state index in [2.05, 4.69) is 0 Å². The monoisotopic (exact) mass is 328 g/mol. The summed E-state index contributed by atoms with van der Waals surface area (Å²) in [7, 11) is 0. The maximum Gasteiger partial charge on any atom is 0.274 e. The maximum absolute atomic E-state index is 11.2. The van der Waals surface area contributed by atoms with E-state index in [9.17, 15) is 20.3 Å². The van der Waals surface area contributed by atoms with Gasteiger partial charge in [0.2, 0.25) is 11.8 Å². The first-order valence-corrected chi connectivity index (χ1v) is 7.51. The van der Waals surface area contributed by atoms with Crippen LogP contribution in [-0.4, -0.2) is 19.7 Å². The molecule has 0 saturated carbocycles. The molecule has 7 heteroatoms. The van der Waals surface area contributed by atoms with Gasteiger partial charge in [0.25, 0.3) is 5.69 Å². The highest BCUT2D eigenvalue weighted by atomic mass is 16.6. The molecule has 24 heavy (non-hydrogen) atoms. The molecule has 0 spiro atoms. The normalized spacial score (nSPS) is 26.8. The lowest BCUT2D eigenvalue weighted by molar-refractivity contribution is -0.385. The number of nitro groups is 1. The van der Waals surface area contributed by atoms with Gasteiger partial charge in [0.1, 0.15) is 11.2 Å². The minimum atomic E-state index is -0.826. The Kier molecular flexibility index (Phi) is 2.57. The summed E-state index contributed by atoms with van der Waals surface area (Å²) >= 11 is 0. The van der Waals surface area contributed by atoms with Crippen molar-refractivity contribution in [1.82, 2.24) is 4.57 Å². The molecule has 2 bridgehead atoms. The van der Waals surface area contributed by atoms with Crippen LogP contribution in [0.4, 0.5) is 5.69 Å². The molecule has 0 radical (unpaired) electrons. The Labute approximate surface area is 137 Å². The third-order valence-corrected chi connectivity index (χ3v) is 4.90. The minimum Gasteiger partial charge on any atom is -0.494 e. The van der Waals surface area contributed by atoms with E-state index in [0.717, 1.165) is 0 Å². The number of hydrogen-bond acceptors (Lipinski definition) is 5. The SMILES string of the molecule is Cc1ccc(-n2c(O)c3c(c2O)C2(C)C=CC3(C)O2)cc1[N+](=O)[O-]. The van der Waals surface area contributed by atoms with Crippen LogP contribution in [-0.2, 0) is 15.9 Å². The second-order valence-corrected chi connectivity index (χ2v) is 6.61. The Morgan fingerprint density at radius 2 is 1.67 bits per heavy atom. The summed E-state index contributed by atoms with van der Waals surface area (Å²) in [6, 6.07) is 4.55. The van der Waals surface area contributed by atoms with Crippen molar-refractivity contribution < 1.29 is 19.9 Å². The lowest BCUT2D eigenvalue weighted by atomic mass is 9.86. The topological polar surface area (TPSA) is 97.8 Å². The Hall–Kier alpha value is -2.80. The zero-order chi connectivity index (χ0) is 17.4. The molecule has 2 aliphatic rings. The highest BCUT2D eigenvalue weighted by Gasteiger charge is 2.56. The number of rotatable bonds is 2. The van der Waals surface area contributed by atoms with Crippen LogP contribution < -0.4 is 0 Å². The number of hydrogen-bond donors (Lipinski definition) is 2. The molecule has 0 aliphatic carbocycles. The first-order valence-electron chi connectivity index (χ1n) is 7.51. The zero-order valence-electron chi connectivity index (χ0n) is 13.4. The minimum absolute atomic E-state index is 0.0741. The molecule has 3 heterocycles. The van der Waals surface area contributed by atoms with Crippen molar-refractivity contribution in [2.24, 2.45) is 0 Å². The Bertz CT molecular complexity index is 903. The molecular weight excluding hydrogens is 312 g/mol. The standard InChI is InChI=1S/C17H16N2O5/c1-9-4-5-10(8-11(9)19(22)23)18-14(20)12-13(15(18)21)17(3)7-6-16(12,2)24-17/h4-8,20-21H,1-3H3. The number of nitrogens with zero attached hydrogens (tertiary/aromatic N) is 2. The van der Waals surface area contributed by atoms with Gasteiger partial charge in [-0.2, -0.15) is 0 Å². The van der Waals surface area contributed by atoms with E-state index in [0.29, 0.717) is 22.4 Å². The van der Waals surface area contributed by atoms with E-state index in [4.69, 9.17) is 4.74 Å². The molecule has 2 aromatic rings. The average molecular weight is 328 g/mol. The average Bonchev–Trinajstić information content (AvgIpc) is 3.04. The molecule has 4 rings (SSSR count). The predicted molar refractivity (Wildman–Crippen MR) is 85.4 cm³/mol. The molecule has 0 amide bonds. The fraction of sp³-hybridized carbons (Fsp3) is 0.294. The first kappa shape index (κ1) is 14.8. The van der Waals surface area contributed by atoms with E-state index < -0.39 is 16.1 Å². The maximum atomic E-state index is 11.2. The van der Waals surface area contributed by atoms with Gasteiger partial charge in [-0.3, -0.25) is 14.7 Å². The summed E-state index contributed by atoms with van der Waals surface area (Å²) in [4.78, 5) is 10.7. The Balaban J connectivity index is 1.98. The highest BCUT2D eigenvalue weighted by Crippen LogP contribution is 2.60. The lowest BCUT2D eigenvalue weighted by Gasteiger charge is -2.21. The van der Waals surface area contributed by atoms with Crippen molar-refractivity contribution in [3.8, 4) is 17.4 Å². The van der Waals surface area contributed by atoms with Crippen LogP contribution in [0.2, 0.25) is 0 Å². The van der Waals surface area contributed by atoms with Crippen LogP contribution in [0.15, 0.2) is 30.4 Å². The molecule has 124 valence electrons. The predicted octanol–water partition coefficient (Wildman–Crippen LogP) is 3.14. The third-order valence-electron chi connectivity index (χ3n) is 4.90. The van der Waals surface area contributed by atoms with Gasteiger partial charge in [-0.1, -0.05) is 6.07 Å². The lowest BCUT2D eigenvalue weighted by Crippen LogP contribution is -2.19. The molecule has 2 N–H and O–H groups in total. The number of fused-ring (bicyclic) bond motifs is 5. The number of aromatic nitrogens is 1. The van der Waals surface area contributed by atoms with Crippen LogP contribution in [0.5, 0.6) is 11.8 Å². The van der Waals surface area contributed by atoms with Gasteiger partial charge in [0, 0.05) is 11.6 Å². The van der Waals surface area contributed by atoms with Crippen LogP contribution >= 0.6 is 0 Å². The Morgan fingerprint density at radius 3 is 2.17 bits per heavy atom. The van der Waals surface area contributed by atoms with Crippen LogP contribution in [0.25, 0.3) is 5.69 Å². The van der Waals surface area contributed by atoms with Crippen molar-refractivity contribution in [2.75, 3.05) is 0 Å². The van der Waals surface area contributed by atoms with E-state index >= 15 is 0 Å². The Morgan fingerprint density at radius 1 is 1.12 bits per heavy atom. The summed E-state index contributed by atoms with van der Waals surface area (Å²) in [5.41, 5.74) is 0.0900. The van der Waals surface area contributed by atoms with E-state index in [1.54, 1.807) is 19.1 Å². The number of aromatic hydroxyl groups is 2. The van der Waals surface area contributed by atoms with Crippen molar-refractivity contribution in [3.05, 3.63) is 57.2 Å². The highest BCUT2D eigenvalue weighted by molar-refractivity contribution is 5.64. The van der Waals surface area contributed by atoms with E-state index in [1.807, 2.05) is 26.0 Å². The molecule has 2 aliphatic heterocycles. The van der Waals surface area contributed by atoms with Gasteiger partial charge in [-0.25, -0.2) is 0 Å². The molecule has 2 unspecified atom stereocenters. The van der Waals surface area contributed by atoms with E-state index in [-0.39, 0.29) is 17.4 Å². The van der Waals surface area contributed by atoms with Crippen LogP contribution in [0, 0.1) is 17.0 Å². The summed E-state index contributed by atoms with van der Waals surface area (Å²) in [5.74, 6) is -0.340. The number of nitro benzene ring substituents is 1. The number of ether oxygens (including phenoxy) is 1. The van der Waals surface area contributed by atoms with Crippen molar-refractivity contribution in [1.29, 1.82) is 0 Å². The largest absolute Gasteiger partial charge is 0.494 e. The van der Waals surface area contributed by atoms with Crippen molar-refractivity contribution in [3.63, 3.8) is 0 Å². The van der Waals surface area contributed by atoms with Crippen LogP contribution in [0.1, 0.15) is 30.5 Å². The number of aryl methyl sites for hydroxylation is 1. The van der Waals surface area contributed by atoms with Gasteiger partial charge in [-0.15, -0.1) is 0 Å². The van der Waals surface area contributed by atoms with E-state index in [1.165, 1.54) is 10.6 Å². The third kappa shape index (κ3) is 1.59. The fourth-order valence-corrected chi connectivity index (χ4v) is 3.76. The molecular formula is C17H16N2O5. The smallest absolute Gasteiger partial charge is 0.274 e. The van der Waals surface area contributed by atoms with Gasteiger partial charge in [-0.05, 0) is 39.0 Å². The molecule has 1 aromatic carbocycles. The van der Waals surface area contributed by atoms with Crippen molar-refractivity contribution >= 4 is 5.69 Å². The summed E-state index contributed by atoms with van der Waals surface area (Å²) in [5, 5.41) is 32.6. The van der Waals surface area contributed by atoms with Crippen molar-refractivity contribution in [2.45, 2.75) is 32.0 Å². The zero-order valence-corrected chi connectivity index (χ0v) is 13.4. The fourth-order valence-electron chi connectivity index (χ4n) is 3.76.